The summed E-state index contributed by atoms with van der Waals surface area (Å²) in [5, 5.41) is 4.73. The quantitative estimate of drug-likeness (QED) is 0.657. The minimum Gasteiger partial charge on any atom is -0.228 e. The number of sulfonamides is 1. The van der Waals surface area contributed by atoms with Crippen molar-refractivity contribution in [3.05, 3.63) is 0 Å². The standard InChI is InChI=1S/C6H13NO2S/c1-2-6(5-3-4-5)10(7,8)9/h5-6H,2-4H2,1H3,(H2,7,8,9). The van der Waals surface area contributed by atoms with E-state index in [0.29, 0.717) is 12.3 Å². The highest BCUT2D eigenvalue weighted by Crippen LogP contribution is 2.36. The Balaban J connectivity index is 2.64. The zero-order chi connectivity index (χ0) is 7.78. The van der Waals surface area contributed by atoms with Crippen LogP contribution < -0.4 is 5.14 Å². The van der Waals surface area contributed by atoms with Gasteiger partial charge in [0.15, 0.2) is 0 Å². The molecular formula is C6H13NO2S. The first-order valence-electron chi connectivity index (χ1n) is 3.57. The lowest BCUT2D eigenvalue weighted by Gasteiger charge is -2.09. The monoisotopic (exact) mass is 163 g/mol. The summed E-state index contributed by atoms with van der Waals surface area (Å²) in [6.07, 6.45) is 2.73. The van der Waals surface area contributed by atoms with Crippen molar-refractivity contribution < 1.29 is 8.42 Å². The van der Waals surface area contributed by atoms with Crippen LogP contribution >= 0.6 is 0 Å². The van der Waals surface area contributed by atoms with Crippen LogP contribution in [0.4, 0.5) is 0 Å². The van der Waals surface area contributed by atoms with Crippen LogP contribution in [0.15, 0.2) is 0 Å². The zero-order valence-electron chi connectivity index (χ0n) is 6.08. The molecule has 1 aliphatic carbocycles. The molecule has 3 nitrogen and oxygen atoms in total. The molecule has 0 aromatic rings. The molecule has 0 aromatic carbocycles. The molecule has 0 aromatic heterocycles. The van der Waals surface area contributed by atoms with Gasteiger partial charge in [-0.2, -0.15) is 0 Å². The molecule has 4 heteroatoms. The Kier molecular flexibility index (Phi) is 2.01. The normalized spacial score (nSPS) is 22.6. The van der Waals surface area contributed by atoms with Gasteiger partial charge in [-0.25, -0.2) is 13.6 Å². The first-order valence-corrected chi connectivity index (χ1v) is 5.18. The van der Waals surface area contributed by atoms with Crippen molar-refractivity contribution in [3.8, 4) is 0 Å². The molecular weight excluding hydrogens is 150 g/mol. The van der Waals surface area contributed by atoms with E-state index in [4.69, 9.17) is 5.14 Å². The summed E-state index contributed by atoms with van der Waals surface area (Å²) >= 11 is 0. The highest BCUT2D eigenvalue weighted by Gasteiger charge is 2.36. The second-order valence-corrected chi connectivity index (χ2v) is 4.66. The maximum absolute atomic E-state index is 10.8. The first-order chi connectivity index (χ1) is 4.55. The van der Waals surface area contributed by atoms with Crippen molar-refractivity contribution in [1.82, 2.24) is 0 Å². The van der Waals surface area contributed by atoms with E-state index in [1.165, 1.54) is 0 Å². The molecule has 0 spiro atoms. The van der Waals surface area contributed by atoms with Crippen molar-refractivity contribution in [1.29, 1.82) is 0 Å². The van der Waals surface area contributed by atoms with Crippen molar-refractivity contribution in [2.45, 2.75) is 31.4 Å². The van der Waals surface area contributed by atoms with E-state index in [0.717, 1.165) is 12.8 Å². The van der Waals surface area contributed by atoms with Gasteiger partial charge in [-0.3, -0.25) is 0 Å². The molecule has 2 N–H and O–H groups in total. The summed E-state index contributed by atoms with van der Waals surface area (Å²) in [5.41, 5.74) is 0. The lowest BCUT2D eigenvalue weighted by molar-refractivity contribution is 0.563. The van der Waals surface area contributed by atoms with Gasteiger partial charge in [0.25, 0.3) is 0 Å². The van der Waals surface area contributed by atoms with Crippen molar-refractivity contribution in [3.63, 3.8) is 0 Å². The third-order valence-electron chi connectivity index (χ3n) is 1.97. The van der Waals surface area contributed by atoms with Crippen LogP contribution in [0.5, 0.6) is 0 Å². The average molecular weight is 163 g/mol. The van der Waals surface area contributed by atoms with E-state index in [-0.39, 0.29) is 5.25 Å². The Morgan fingerprint density at radius 1 is 1.60 bits per heavy atom. The lowest BCUT2D eigenvalue weighted by Crippen LogP contribution is -2.29. The molecule has 0 radical (unpaired) electrons. The van der Waals surface area contributed by atoms with Crippen LogP contribution in [0.1, 0.15) is 26.2 Å². The second-order valence-electron chi connectivity index (χ2n) is 2.87. The predicted molar refractivity (Wildman–Crippen MR) is 39.9 cm³/mol. The molecule has 1 saturated carbocycles. The summed E-state index contributed by atoms with van der Waals surface area (Å²) in [6.45, 7) is 1.87. The number of rotatable bonds is 3. The van der Waals surface area contributed by atoms with Gasteiger partial charge in [-0.05, 0) is 25.2 Å². The Morgan fingerprint density at radius 2 is 2.10 bits per heavy atom. The SMILES string of the molecule is CCC(C1CC1)S(N)(=O)=O. The van der Waals surface area contributed by atoms with Gasteiger partial charge in [0.2, 0.25) is 10.0 Å². The van der Waals surface area contributed by atoms with Crippen LogP contribution in [0.3, 0.4) is 0 Å². The van der Waals surface area contributed by atoms with E-state index in [1.54, 1.807) is 0 Å². The van der Waals surface area contributed by atoms with Gasteiger partial charge < -0.3 is 0 Å². The van der Waals surface area contributed by atoms with E-state index >= 15 is 0 Å². The molecule has 1 fully saturated rings. The Morgan fingerprint density at radius 3 is 2.20 bits per heavy atom. The molecule has 1 unspecified atom stereocenters. The van der Waals surface area contributed by atoms with Crippen LogP contribution in [0.2, 0.25) is 0 Å². The van der Waals surface area contributed by atoms with Crippen LogP contribution in [-0.4, -0.2) is 13.7 Å². The molecule has 0 amide bonds. The van der Waals surface area contributed by atoms with E-state index in [1.807, 2.05) is 6.92 Å². The van der Waals surface area contributed by atoms with Crippen molar-refractivity contribution in [2.24, 2.45) is 11.1 Å². The number of hydrogen-bond donors (Lipinski definition) is 1. The number of primary sulfonamides is 1. The van der Waals surface area contributed by atoms with Gasteiger partial charge in [-0.1, -0.05) is 6.92 Å². The molecule has 0 aliphatic heterocycles. The topological polar surface area (TPSA) is 60.2 Å². The molecule has 1 rings (SSSR count). The predicted octanol–water partition coefficient (Wildman–Crippen LogP) is 0.464. The Labute approximate surface area is 61.7 Å². The van der Waals surface area contributed by atoms with Crippen molar-refractivity contribution >= 4 is 10.0 Å². The third kappa shape index (κ3) is 1.70. The van der Waals surface area contributed by atoms with Crippen LogP contribution in [0, 0.1) is 5.92 Å². The maximum atomic E-state index is 10.8. The van der Waals surface area contributed by atoms with Gasteiger partial charge in [0.05, 0.1) is 5.25 Å². The van der Waals surface area contributed by atoms with Gasteiger partial charge in [-0.15, -0.1) is 0 Å². The second kappa shape index (κ2) is 2.51. The zero-order valence-corrected chi connectivity index (χ0v) is 6.89. The fourth-order valence-corrected chi connectivity index (χ4v) is 2.58. The largest absolute Gasteiger partial charge is 0.228 e. The van der Waals surface area contributed by atoms with Gasteiger partial charge in [0.1, 0.15) is 0 Å². The molecule has 60 valence electrons. The van der Waals surface area contributed by atoms with Gasteiger partial charge >= 0.3 is 0 Å². The van der Waals surface area contributed by atoms with Crippen LogP contribution in [0.25, 0.3) is 0 Å². The summed E-state index contributed by atoms with van der Waals surface area (Å²) in [4.78, 5) is 0. The van der Waals surface area contributed by atoms with Crippen LogP contribution in [-0.2, 0) is 10.0 Å². The molecule has 0 bridgehead atoms. The highest BCUT2D eigenvalue weighted by molar-refractivity contribution is 7.89. The average Bonchev–Trinajstić information content (AvgIpc) is 2.46. The Hall–Kier alpha value is -0.0900. The summed E-state index contributed by atoms with van der Waals surface area (Å²) in [6, 6.07) is 0. The van der Waals surface area contributed by atoms with E-state index in [9.17, 15) is 8.42 Å². The lowest BCUT2D eigenvalue weighted by atomic mass is 10.2. The molecule has 1 aliphatic rings. The van der Waals surface area contributed by atoms with Crippen molar-refractivity contribution in [2.75, 3.05) is 0 Å². The van der Waals surface area contributed by atoms with Gasteiger partial charge in [0, 0.05) is 0 Å². The molecule has 0 heterocycles. The third-order valence-corrected chi connectivity index (χ3v) is 3.53. The fourth-order valence-electron chi connectivity index (χ4n) is 1.30. The Bertz CT molecular complexity index is 206. The summed E-state index contributed by atoms with van der Waals surface area (Å²) in [7, 11) is -3.25. The van der Waals surface area contributed by atoms with E-state index in [2.05, 4.69) is 0 Å². The first kappa shape index (κ1) is 8.01. The minimum atomic E-state index is -3.25. The number of hydrogen-bond acceptors (Lipinski definition) is 2. The summed E-state index contributed by atoms with van der Waals surface area (Å²) in [5.74, 6) is 0.361. The maximum Gasteiger partial charge on any atom is 0.212 e. The van der Waals surface area contributed by atoms with E-state index < -0.39 is 10.0 Å². The molecule has 10 heavy (non-hydrogen) atoms. The molecule has 1 atom stereocenters. The molecule has 0 saturated heterocycles. The smallest absolute Gasteiger partial charge is 0.212 e. The number of nitrogens with two attached hydrogens (primary N) is 1. The summed E-state index contributed by atoms with van der Waals surface area (Å²) < 4.78 is 21.6. The minimum absolute atomic E-state index is 0.271. The fraction of sp³-hybridized carbons (Fsp3) is 1.00. The highest BCUT2D eigenvalue weighted by atomic mass is 32.2.